The van der Waals surface area contributed by atoms with Crippen LogP contribution >= 0.6 is 0 Å². The van der Waals surface area contributed by atoms with Crippen molar-refractivity contribution in [3.63, 3.8) is 0 Å². The zero-order chi connectivity index (χ0) is 14.1. The largest absolute Gasteiger partial charge is 0.390 e. The van der Waals surface area contributed by atoms with Crippen LogP contribution in [-0.4, -0.2) is 25.1 Å². The van der Waals surface area contributed by atoms with Gasteiger partial charge in [0.2, 0.25) is 0 Å². The second-order valence-electron chi connectivity index (χ2n) is 5.22. The Bertz CT molecular complexity index is 726. The fourth-order valence-electron chi connectivity index (χ4n) is 2.53. The van der Waals surface area contributed by atoms with Crippen LogP contribution in [0.1, 0.15) is 36.8 Å². The van der Waals surface area contributed by atoms with Crippen LogP contribution in [0.25, 0.3) is 10.9 Å². The van der Waals surface area contributed by atoms with Crippen LogP contribution in [0, 0.1) is 0 Å². The van der Waals surface area contributed by atoms with E-state index in [1.807, 2.05) is 23.0 Å². The summed E-state index contributed by atoms with van der Waals surface area (Å²) in [6, 6.07) is 8.43. The molecule has 0 saturated carbocycles. The van der Waals surface area contributed by atoms with Crippen molar-refractivity contribution in [2.45, 2.75) is 32.9 Å². The highest BCUT2D eigenvalue weighted by atomic mass is 16.3. The molecule has 0 aliphatic heterocycles. The number of benzene rings is 1. The average Bonchev–Trinajstić information content (AvgIpc) is 3.04. The van der Waals surface area contributed by atoms with Gasteiger partial charge >= 0.3 is 0 Å². The van der Waals surface area contributed by atoms with Crippen molar-refractivity contribution in [2.24, 2.45) is 0 Å². The van der Waals surface area contributed by atoms with Crippen LogP contribution in [-0.2, 0) is 13.0 Å². The first-order valence-electron chi connectivity index (χ1n) is 6.79. The van der Waals surface area contributed by atoms with E-state index in [4.69, 9.17) is 0 Å². The molecule has 2 N–H and O–H groups in total. The minimum atomic E-state index is -0.0790. The zero-order valence-corrected chi connectivity index (χ0v) is 11.7. The topological polar surface area (TPSA) is 66.7 Å². The summed E-state index contributed by atoms with van der Waals surface area (Å²) in [6.07, 6.45) is 2.73. The summed E-state index contributed by atoms with van der Waals surface area (Å²) in [5.74, 6) is 0. The van der Waals surface area contributed by atoms with Crippen molar-refractivity contribution in [3.05, 3.63) is 47.4 Å². The second kappa shape index (κ2) is 5.09. The summed E-state index contributed by atoms with van der Waals surface area (Å²) in [7, 11) is 0. The van der Waals surface area contributed by atoms with E-state index >= 15 is 0 Å². The molecule has 0 unspecified atom stereocenters. The molecule has 0 spiro atoms. The molecule has 2 aromatic heterocycles. The normalized spacial score (nSPS) is 11.6. The standard InChI is InChI=1S/C15H18N4O/c1-10(2)19-15(14(9-20)17-18-19)7-11-8-16-13-6-4-3-5-12(11)13/h3-6,8,10,16,20H,7,9H2,1-2H3. The molecule has 5 heteroatoms. The number of fused-ring (bicyclic) bond motifs is 1. The Kier molecular flexibility index (Phi) is 3.28. The highest BCUT2D eigenvalue weighted by Crippen LogP contribution is 2.23. The fraction of sp³-hybridized carbons (Fsp3) is 0.333. The van der Waals surface area contributed by atoms with Crippen molar-refractivity contribution in [2.75, 3.05) is 0 Å². The fourth-order valence-corrected chi connectivity index (χ4v) is 2.53. The van der Waals surface area contributed by atoms with Gasteiger partial charge in [-0.3, -0.25) is 0 Å². The van der Waals surface area contributed by atoms with E-state index in [2.05, 4.69) is 41.3 Å². The Morgan fingerprint density at radius 1 is 1.30 bits per heavy atom. The molecular weight excluding hydrogens is 252 g/mol. The number of aliphatic hydroxyl groups excluding tert-OH is 1. The number of nitrogens with one attached hydrogen (secondary N) is 1. The van der Waals surface area contributed by atoms with E-state index in [1.165, 1.54) is 10.9 Å². The van der Waals surface area contributed by atoms with E-state index in [-0.39, 0.29) is 12.6 Å². The van der Waals surface area contributed by atoms with Gasteiger partial charge in [-0.1, -0.05) is 23.4 Å². The van der Waals surface area contributed by atoms with Gasteiger partial charge in [0, 0.05) is 29.6 Å². The van der Waals surface area contributed by atoms with Gasteiger partial charge in [0.05, 0.1) is 12.3 Å². The molecule has 3 rings (SSSR count). The highest BCUT2D eigenvalue weighted by Gasteiger charge is 2.16. The third-order valence-electron chi connectivity index (χ3n) is 3.54. The van der Waals surface area contributed by atoms with E-state index < -0.39 is 0 Å². The molecule has 0 amide bonds. The zero-order valence-electron chi connectivity index (χ0n) is 11.7. The van der Waals surface area contributed by atoms with Crippen LogP contribution in [0.15, 0.2) is 30.5 Å². The molecule has 5 nitrogen and oxygen atoms in total. The van der Waals surface area contributed by atoms with Gasteiger partial charge in [0.25, 0.3) is 0 Å². The van der Waals surface area contributed by atoms with Crippen LogP contribution < -0.4 is 0 Å². The first-order chi connectivity index (χ1) is 9.70. The summed E-state index contributed by atoms with van der Waals surface area (Å²) in [4.78, 5) is 3.27. The molecule has 0 aliphatic carbocycles. The monoisotopic (exact) mass is 270 g/mol. The Morgan fingerprint density at radius 2 is 2.10 bits per heavy atom. The van der Waals surface area contributed by atoms with E-state index in [0.717, 1.165) is 11.2 Å². The van der Waals surface area contributed by atoms with E-state index in [0.29, 0.717) is 12.1 Å². The maximum Gasteiger partial charge on any atom is 0.112 e. The van der Waals surface area contributed by atoms with Crippen LogP contribution in [0.5, 0.6) is 0 Å². The lowest BCUT2D eigenvalue weighted by Gasteiger charge is -2.10. The molecule has 0 atom stereocenters. The Hall–Kier alpha value is -2.14. The summed E-state index contributed by atoms with van der Waals surface area (Å²) >= 11 is 0. The number of aromatic nitrogens is 4. The predicted molar refractivity (Wildman–Crippen MR) is 77.4 cm³/mol. The lowest BCUT2D eigenvalue weighted by atomic mass is 10.1. The summed E-state index contributed by atoms with van der Waals surface area (Å²) < 4.78 is 1.88. The SMILES string of the molecule is CC(C)n1nnc(CO)c1Cc1c[nH]c2ccccc12. The van der Waals surface area contributed by atoms with Crippen molar-refractivity contribution in [1.29, 1.82) is 0 Å². The van der Waals surface area contributed by atoms with Gasteiger partial charge in [0.1, 0.15) is 5.69 Å². The number of rotatable bonds is 4. The highest BCUT2D eigenvalue weighted by molar-refractivity contribution is 5.83. The van der Waals surface area contributed by atoms with Gasteiger partial charge in [0.15, 0.2) is 0 Å². The van der Waals surface area contributed by atoms with Crippen molar-refractivity contribution in [1.82, 2.24) is 20.0 Å². The minimum Gasteiger partial charge on any atom is -0.390 e. The second-order valence-corrected chi connectivity index (χ2v) is 5.22. The molecule has 3 aromatic rings. The van der Waals surface area contributed by atoms with Gasteiger partial charge in [-0.2, -0.15) is 0 Å². The minimum absolute atomic E-state index is 0.0790. The summed E-state index contributed by atoms with van der Waals surface area (Å²) in [6.45, 7) is 4.05. The molecule has 0 bridgehead atoms. The number of aromatic amines is 1. The van der Waals surface area contributed by atoms with Crippen LogP contribution in [0.3, 0.4) is 0 Å². The summed E-state index contributed by atoms with van der Waals surface area (Å²) in [5, 5.41) is 18.8. The number of nitrogens with zero attached hydrogens (tertiary/aromatic N) is 3. The maximum atomic E-state index is 9.43. The number of aliphatic hydroxyl groups is 1. The molecule has 0 aliphatic rings. The van der Waals surface area contributed by atoms with Crippen molar-refractivity contribution >= 4 is 10.9 Å². The number of para-hydroxylation sites is 1. The summed E-state index contributed by atoms with van der Waals surface area (Å²) in [5.41, 5.74) is 3.95. The molecule has 1 aromatic carbocycles. The third-order valence-corrected chi connectivity index (χ3v) is 3.54. The molecule has 20 heavy (non-hydrogen) atoms. The number of H-pyrrole nitrogens is 1. The van der Waals surface area contributed by atoms with Crippen molar-refractivity contribution in [3.8, 4) is 0 Å². The molecule has 0 fully saturated rings. The first-order valence-corrected chi connectivity index (χ1v) is 6.79. The quantitative estimate of drug-likeness (QED) is 0.765. The average molecular weight is 270 g/mol. The van der Waals surface area contributed by atoms with Gasteiger partial charge in [-0.05, 0) is 25.5 Å². The number of hydrogen-bond acceptors (Lipinski definition) is 3. The Balaban J connectivity index is 2.04. The van der Waals surface area contributed by atoms with E-state index in [1.54, 1.807) is 0 Å². The maximum absolute atomic E-state index is 9.43. The van der Waals surface area contributed by atoms with Gasteiger partial charge in [-0.25, -0.2) is 4.68 Å². The first kappa shape index (κ1) is 12.9. The van der Waals surface area contributed by atoms with Crippen molar-refractivity contribution < 1.29 is 5.11 Å². The molecule has 0 radical (unpaired) electrons. The lowest BCUT2D eigenvalue weighted by Crippen LogP contribution is -2.09. The molecular formula is C15H18N4O. The Labute approximate surface area is 117 Å². The lowest BCUT2D eigenvalue weighted by molar-refractivity contribution is 0.275. The molecule has 2 heterocycles. The van der Waals surface area contributed by atoms with Crippen LogP contribution in [0.2, 0.25) is 0 Å². The number of hydrogen-bond donors (Lipinski definition) is 2. The smallest absolute Gasteiger partial charge is 0.112 e. The Morgan fingerprint density at radius 3 is 2.85 bits per heavy atom. The molecule has 104 valence electrons. The third kappa shape index (κ3) is 2.10. The van der Waals surface area contributed by atoms with E-state index in [9.17, 15) is 5.11 Å². The predicted octanol–water partition coefficient (Wildman–Crippen LogP) is 2.42. The van der Waals surface area contributed by atoms with Gasteiger partial charge in [-0.15, -0.1) is 5.10 Å². The van der Waals surface area contributed by atoms with Gasteiger partial charge < -0.3 is 10.1 Å². The molecule has 0 saturated heterocycles. The van der Waals surface area contributed by atoms with Crippen LogP contribution in [0.4, 0.5) is 0 Å².